The van der Waals surface area contributed by atoms with Crippen molar-refractivity contribution in [3.63, 3.8) is 0 Å². The predicted molar refractivity (Wildman–Crippen MR) is 174 cm³/mol. The molecule has 3 nitrogen and oxygen atoms in total. The van der Waals surface area contributed by atoms with E-state index < -0.39 is 0 Å². The third-order valence-electron chi connectivity index (χ3n) is 7.63. The van der Waals surface area contributed by atoms with Crippen LogP contribution in [0.1, 0.15) is 0 Å². The highest BCUT2D eigenvalue weighted by Gasteiger charge is 2.25. The summed E-state index contributed by atoms with van der Waals surface area (Å²) in [6.07, 6.45) is 0. The van der Waals surface area contributed by atoms with E-state index in [2.05, 4.69) is 162 Å². The van der Waals surface area contributed by atoms with Crippen molar-refractivity contribution in [2.24, 2.45) is 0 Å². The maximum atomic E-state index is 5.07. The van der Waals surface area contributed by atoms with Crippen molar-refractivity contribution in [3.8, 4) is 22.6 Å². The Morgan fingerprint density at radius 3 is 1.45 bits per heavy atom. The van der Waals surface area contributed by atoms with Gasteiger partial charge in [-0.2, -0.15) is 0 Å². The van der Waals surface area contributed by atoms with Crippen molar-refractivity contribution < 1.29 is 0 Å². The smallest absolute Gasteiger partial charge is 0.107 e. The molecule has 0 aliphatic heterocycles. The summed E-state index contributed by atoms with van der Waals surface area (Å²) in [6, 6.07) is 45.1. The standard InChI is InChI=1S/C35H21Br2N3/c36-22-19-29(38-32(37)20-22)33-34-27(25-15-7-9-17-30(25)39(34)23-11-3-1-4-12-23)21-28-26-16-8-10-18-31(26)40(35(28)33)24-13-5-2-6-14-24/h1-21H. The summed E-state index contributed by atoms with van der Waals surface area (Å²) < 4.78 is 6.54. The summed E-state index contributed by atoms with van der Waals surface area (Å²) in [5.74, 6) is 0. The van der Waals surface area contributed by atoms with Gasteiger partial charge in [-0.3, -0.25) is 0 Å². The molecule has 3 heterocycles. The minimum atomic E-state index is 0.784. The topological polar surface area (TPSA) is 22.8 Å². The van der Waals surface area contributed by atoms with Gasteiger partial charge in [0, 0.05) is 43.0 Å². The fraction of sp³-hybridized carbons (Fsp3) is 0. The molecule has 0 aliphatic carbocycles. The van der Waals surface area contributed by atoms with Gasteiger partial charge in [0.15, 0.2) is 0 Å². The second-order valence-electron chi connectivity index (χ2n) is 9.91. The molecule has 8 aromatic rings. The van der Waals surface area contributed by atoms with Crippen LogP contribution in [-0.2, 0) is 0 Å². The first-order valence-corrected chi connectivity index (χ1v) is 14.7. The summed E-state index contributed by atoms with van der Waals surface area (Å²) in [5, 5.41) is 4.84. The fourth-order valence-electron chi connectivity index (χ4n) is 6.10. The quantitative estimate of drug-likeness (QED) is 0.176. The molecule has 8 rings (SSSR count). The number of rotatable bonds is 3. The third-order valence-corrected chi connectivity index (χ3v) is 8.50. The molecule has 0 amide bonds. The van der Waals surface area contributed by atoms with Gasteiger partial charge in [0.25, 0.3) is 0 Å². The Morgan fingerprint density at radius 1 is 0.475 bits per heavy atom. The number of aromatic nitrogens is 3. The van der Waals surface area contributed by atoms with E-state index in [-0.39, 0.29) is 0 Å². The van der Waals surface area contributed by atoms with Gasteiger partial charge in [-0.1, -0.05) is 88.7 Å². The molecule has 0 saturated heterocycles. The molecule has 0 N–H and O–H groups in total. The van der Waals surface area contributed by atoms with Crippen molar-refractivity contribution in [2.45, 2.75) is 0 Å². The number of fused-ring (bicyclic) bond motifs is 6. The number of benzene rings is 5. The minimum absolute atomic E-state index is 0.784. The Morgan fingerprint density at radius 2 is 0.950 bits per heavy atom. The molecule has 5 heteroatoms. The van der Waals surface area contributed by atoms with Crippen LogP contribution in [0.15, 0.2) is 136 Å². The number of para-hydroxylation sites is 4. The lowest BCUT2D eigenvalue weighted by Crippen LogP contribution is -2.00. The largest absolute Gasteiger partial charge is 0.308 e. The van der Waals surface area contributed by atoms with Crippen LogP contribution in [0, 0.1) is 0 Å². The lowest BCUT2D eigenvalue weighted by Gasteiger charge is -2.16. The molecule has 3 aromatic heterocycles. The maximum absolute atomic E-state index is 5.07. The lowest BCUT2D eigenvalue weighted by atomic mass is 10.0. The molecule has 0 radical (unpaired) electrons. The van der Waals surface area contributed by atoms with E-state index in [1.165, 1.54) is 32.6 Å². The summed E-state index contributed by atoms with van der Waals surface area (Å²) in [5.41, 5.74) is 8.84. The summed E-state index contributed by atoms with van der Waals surface area (Å²) >= 11 is 7.43. The van der Waals surface area contributed by atoms with Gasteiger partial charge in [0.1, 0.15) is 4.60 Å². The Bertz CT molecular complexity index is 2080. The van der Waals surface area contributed by atoms with Crippen molar-refractivity contribution >= 4 is 75.5 Å². The fourth-order valence-corrected chi connectivity index (χ4v) is 7.28. The van der Waals surface area contributed by atoms with Crippen LogP contribution in [0.25, 0.3) is 66.2 Å². The number of hydrogen-bond acceptors (Lipinski definition) is 1. The average Bonchev–Trinajstić information content (AvgIpc) is 3.49. The third kappa shape index (κ3) is 3.51. The Hall–Kier alpha value is -4.19. The molecule has 0 fully saturated rings. The van der Waals surface area contributed by atoms with Crippen LogP contribution in [0.4, 0.5) is 0 Å². The van der Waals surface area contributed by atoms with Gasteiger partial charge >= 0.3 is 0 Å². The molecular formula is C35H21Br2N3. The molecule has 0 bridgehead atoms. The van der Waals surface area contributed by atoms with Crippen LogP contribution < -0.4 is 0 Å². The van der Waals surface area contributed by atoms with Gasteiger partial charge in [-0.15, -0.1) is 0 Å². The second kappa shape index (κ2) is 9.19. The molecule has 0 atom stereocenters. The maximum Gasteiger partial charge on any atom is 0.107 e. The predicted octanol–water partition coefficient (Wildman–Crippen LogP) is 10.5. The number of halogens is 2. The summed E-state index contributed by atoms with van der Waals surface area (Å²) in [4.78, 5) is 5.07. The zero-order valence-electron chi connectivity index (χ0n) is 21.2. The van der Waals surface area contributed by atoms with Crippen molar-refractivity contribution in [1.82, 2.24) is 14.1 Å². The van der Waals surface area contributed by atoms with Crippen molar-refractivity contribution in [2.75, 3.05) is 0 Å². The Balaban J connectivity index is 1.71. The molecule has 0 aliphatic rings. The van der Waals surface area contributed by atoms with Crippen LogP contribution in [0.3, 0.4) is 0 Å². The van der Waals surface area contributed by atoms with Crippen molar-refractivity contribution in [3.05, 3.63) is 136 Å². The SMILES string of the molecule is Brc1cc(Br)nc(-c2c3c(cc4c5ccccc5n(-c5ccccc5)c24)c2ccccc2n3-c2ccccc2)c1. The highest BCUT2D eigenvalue weighted by molar-refractivity contribution is 9.11. The Kier molecular flexibility index (Phi) is 5.44. The summed E-state index contributed by atoms with van der Waals surface area (Å²) in [6.45, 7) is 0. The first-order chi connectivity index (χ1) is 19.7. The van der Waals surface area contributed by atoms with E-state index >= 15 is 0 Å². The highest BCUT2D eigenvalue weighted by Crippen LogP contribution is 2.46. The van der Waals surface area contributed by atoms with E-state index in [9.17, 15) is 0 Å². The molecule has 0 unspecified atom stereocenters. The van der Waals surface area contributed by atoms with E-state index in [1.807, 2.05) is 6.07 Å². The van der Waals surface area contributed by atoms with Crippen LogP contribution in [-0.4, -0.2) is 14.1 Å². The first kappa shape index (κ1) is 23.7. The molecule has 190 valence electrons. The van der Waals surface area contributed by atoms with Crippen molar-refractivity contribution in [1.29, 1.82) is 0 Å². The molecule has 40 heavy (non-hydrogen) atoms. The second-order valence-corrected chi connectivity index (χ2v) is 11.6. The number of pyridine rings is 1. The number of hydrogen-bond donors (Lipinski definition) is 0. The molecular weight excluding hydrogens is 622 g/mol. The zero-order valence-corrected chi connectivity index (χ0v) is 24.4. The van der Waals surface area contributed by atoms with E-state index in [4.69, 9.17) is 4.98 Å². The molecule has 0 saturated carbocycles. The summed E-state index contributed by atoms with van der Waals surface area (Å²) in [7, 11) is 0. The first-order valence-electron chi connectivity index (χ1n) is 13.1. The number of nitrogens with zero attached hydrogens (tertiary/aromatic N) is 3. The monoisotopic (exact) mass is 641 g/mol. The zero-order chi connectivity index (χ0) is 26.8. The van der Waals surface area contributed by atoms with Crippen LogP contribution in [0.2, 0.25) is 0 Å². The lowest BCUT2D eigenvalue weighted by molar-refractivity contribution is 1.16. The van der Waals surface area contributed by atoms with Crippen LogP contribution >= 0.6 is 31.9 Å². The van der Waals surface area contributed by atoms with Gasteiger partial charge in [-0.05, 0) is 70.5 Å². The van der Waals surface area contributed by atoms with E-state index in [0.29, 0.717) is 0 Å². The van der Waals surface area contributed by atoms with Gasteiger partial charge in [-0.25, -0.2) is 4.98 Å². The van der Waals surface area contributed by atoms with E-state index in [0.717, 1.165) is 42.7 Å². The van der Waals surface area contributed by atoms with E-state index in [1.54, 1.807) is 0 Å². The van der Waals surface area contributed by atoms with Gasteiger partial charge in [0.2, 0.25) is 0 Å². The molecule has 5 aromatic carbocycles. The van der Waals surface area contributed by atoms with Crippen LogP contribution in [0.5, 0.6) is 0 Å². The van der Waals surface area contributed by atoms with Gasteiger partial charge < -0.3 is 9.13 Å². The normalized spacial score (nSPS) is 11.8. The minimum Gasteiger partial charge on any atom is -0.308 e. The average molecular weight is 643 g/mol. The molecule has 0 spiro atoms. The van der Waals surface area contributed by atoms with Gasteiger partial charge in [0.05, 0.1) is 27.8 Å². The highest BCUT2D eigenvalue weighted by atomic mass is 79.9. The Labute approximate surface area is 247 Å².